The lowest BCUT2D eigenvalue weighted by molar-refractivity contribution is -0.115. The average molecular weight is 489 g/mol. The number of amides is 1. The zero-order chi connectivity index (χ0) is 21.5. The second-order valence-electron chi connectivity index (χ2n) is 6.04. The van der Waals surface area contributed by atoms with Crippen molar-refractivity contribution in [2.24, 2.45) is 4.99 Å². The van der Waals surface area contributed by atoms with Crippen LogP contribution in [-0.4, -0.2) is 31.4 Å². The summed E-state index contributed by atoms with van der Waals surface area (Å²) in [5.41, 5.74) is 1.53. The number of carbonyl (C=O) groups is 1. The fraction of sp³-hybridized carbons (Fsp3) is 0.182. The molecule has 3 rings (SSSR count). The van der Waals surface area contributed by atoms with Crippen LogP contribution in [0.3, 0.4) is 0 Å². The fourth-order valence-corrected chi connectivity index (χ4v) is 4.05. The van der Waals surface area contributed by atoms with Crippen molar-refractivity contribution in [2.45, 2.75) is 6.92 Å². The van der Waals surface area contributed by atoms with E-state index in [0.717, 1.165) is 21.5 Å². The van der Waals surface area contributed by atoms with E-state index in [1.165, 1.54) is 11.8 Å². The van der Waals surface area contributed by atoms with Gasteiger partial charge in [-0.3, -0.25) is 4.79 Å². The standard InChI is InChI=1S/C22H21BrN2O4S/c1-4-10-29-20-17(23)11-14(12-18(20)27-3)13-19-21(26)25-22(30-19)24-15-6-8-16(9-7-15)28-5-2/h4,6-9,11-13H,1,5,10H2,2-3H3,(H,24,25,26)/b19-13-. The summed E-state index contributed by atoms with van der Waals surface area (Å²) in [4.78, 5) is 17.4. The highest BCUT2D eigenvalue weighted by molar-refractivity contribution is 9.10. The maximum atomic E-state index is 12.4. The van der Waals surface area contributed by atoms with Gasteiger partial charge in [0.05, 0.1) is 28.8 Å². The number of thioether (sulfide) groups is 1. The largest absolute Gasteiger partial charge is 0.494 e. The zero-order valence-electron chi connectivity index (χ0n) is 16.6. The van der Waals surface area contributed by atoms with Crippen molar-refractivity contribution in [3.63, 3.8) is 0 Å². The van der Waals surface area contributed by atoms with Crippen LogP contribution >= 0.6 is 27.7 Å². The van der Waals surface area contributed by atoms with Crippen LogP contribution in [0.25, 0.3) is 6.08 Å². The molecule has 30 heavy (non-hydrogen) atoms. The molecule has 1 N–H and O–H groups in total. The molecule has 1 aliphatic heterocycles. The van der Waals surface area contributed by atoms with Crippen molar-refractivity contribution in [3.05, 3.63) is 64.0 Å². The van der Waals surface area contributed by atoms with Crippen molar-refractivity contribution >= 4 is 50.5 Å². The molecule has 0 radical (unpaired) electrons. The van der Waals surface area contributed by atoms with E-state index in [0.29, 0.717) is 34.8 Å². The van der Waals surface area contributed by atoms with Gasteiger partial charge in [-0.05, 0) is 82.7 Å². The summed E-state index contributed by atoms with van der Waals surface area (Å²) < 4.78 is 17.2. The van der Waals surface area contributed by atoms with Gasteiger partial charge in [0, 0.05) is 0 Å². The molecule has 156 valence electrons. The lowest BCUT2D eigenvalue weighted by Crippen LogP contribution is -2.19. The van der Waals surface area contributed by atoms with Crippen molar-refractivity contribution in [1.82, 2.24) is 5.32 Å². The second kappa shape index (κ2) is 10.4. The molecule has 0 aromatic heterocycles. The first-order valence-corrected chi connectivity index (χ1v) is 10.8. The highest BCUT2D eigenvalue weighted by Gasteiger charge is 2.24. The molecule has 0 aliphatic carbocycles. The van der Waals surface area contributed by atoms with Gasteiger partial charge in [-0.15, -0.1) is 0 Å². The van der Waals surface area contributed by atoms with E-state index in [9.17, 15) is 4.79 Å². The van der Waals surface area contributed by atoms with Crippen molar-refractivity contribution in [2.75, 3.05) is 20.3 Å². The third-order valence-corrected chi connectivity index (χ3v) is 5.42. The van der Waals surface area contributed by atoms with Crippen molar-refractivity contribution in [3.8, 4) is 17.2 Å². The minimum Gasteiger partial charge on any atom is -0.494 e. The number of aliphatic imine (C=N–C) groups is 1. The van der Waals surface area contributed by atoms with Crippen LogP contribution in [0.5, 0.6) is 17.2 Å². The number of nitrogens with zero attached hydrogens (tertiary/aromatic N) is 1. The van der Waals surface area contributed by atoms with Crippen LogP contribution < -0.4 is 19.5 Å². The lowest BCUT2D eigenvalue weighted by Gasteiger charge is -2.12. The van der Waals surface area contributed by atoms with Gasteiger partial charge in [-0.1, -0.05) is 12.7 Å². The maximum Gasteiger partial charge on any atom is 0.264 e. The first-order valence-electron chi connectivity index (χ1n) is 9.17. The van der Waals surface area contributed by atoms with Crippen LogP contribution in [0.15, 0.2) is 63.4 Å². The van der Waals surface area contributed by atoms with E-state index in [1.54, 1.807) is 19.3 Å². The molecule has 0 spiro atoms. The summed E-state index contributed by atoms with van der Waals surface area (Å²) >= 11 is 4.78. The predicted molar refractivity (Wildman–Crippen MR) is 125 cm³/mol. The third kappa shape index (κ3) is 5.46. The molecule has 0 unspecified atom stereocenters. The molecule has 1 fully saturated rings. The summed E-state index contributed by atoms with van der Waals surface area (Å²) in [5, 5.41) is 3.31. The quantitative estimate of drug-likeness (QED) is 0.402. The van der Waals surface area contributed by atoms with E-state index < -0.39 is 0 Å². The number of nitrogens with one attached hydrogen (secondary N) is 1. The molecule has 1 amide bonds. The molecule has 2 aromatic rings. The smallest absolute Gasteiger partial charge is 0.264 e. The van der Waals surface area contributed by atoms with Crippen LogP contribution in [-0.2, 0) is 4.79 Å². The van der Waals surface area contributed by atoms with Gasteiger partial charge >= 0.3 is 0 Å². The zero-order valence-corrected chi connectivity index (χ0v) is 19.0. The number of halogens is 1. The van der Waals surface area contributed by atoms with Crippen LogP contribution in [0.2, 0.25) is 0 Å². The van der Waals surface area contributed by atoms with Crippen molar-refractivity contribution in [1.29, 1.82) is 0 Å². The number of hydrogen-bond acceptors (Lipinski definition) is 6. The molecule has 1 heterocycles. The lowest BCUT2D eigenvalue weighted by atomic mass is 10.2. The number of hydrogen-bond donors (Lipinski definition) is 1. The van der Waals surface area contributed by atoms with E-state index in [2.05, 4.69) is 32.8 Å². The topological polar surface area (TPSA) is 69.2 Å². The molecule has 0 atom stereocenters. The summed E-state index contributed by atoms with van der Waals surface area (Å²) in [6.45, 7) is 6.55. The molecule has 0 bridgehead atoms. The van der Waals surface area contributed by atoms with E-state index >= 15 is 0 Å². The summed E-state index contributed by atoms with van der Waals surface area (Å²) in [7, 11) is 1.57. The first kappa shape index (κ1) is 22.0. The Bertz CT molecular complexity index is 1000. The Morgan fingerprint density at radius 1 is 1.23 bits per heavy atom. The Hall–Kier alpha value is -2.71. The third-order valence-electron chi connectivity index (χ3n) is 3.92. The molecular formula is C22H21BrN2O4S. The van der Waals surface area contributed by atoms with Crippen molar-refractivity contribution < 1.29 is 19.0 Å². The minimum absolute atomic E-state index is 0.202. The maximum absolute atomic E-state index is 12.4. The highest BCUT2D eigenvalue weighted by Crippen LogP contribution is 2.38. The Kier molecular flexibility index (Phi) is 7.59. The average Bonchev–Trinajstić information content (AvgIpc) is 3.07. The second-order valence-corrected chi connectivity index (χ2v) is 7.93. The molecule has 2 aromatic carbocycles. The normalized spacial score (nSPS) is 15.9. The number of ether oxygens (including phenoxy) is 3. The number of methoxy groups -OCH3 is 1. The van der Waals surface area contributed by atoms with Gasteiger partial charge in [0.25, 0.3) is 5.91 Å². The van der Waals surface area contributed by atoms with Gasteiger partial charge in [0.15, 0.2) is 16.7 Å². The summed E-state index contributed by atoms with van der Waals surface area (Å²) in [5.74, 6) is 1.72. The Balaban J connectivity index is 1.80. The Morgan fingerprint density at radius 3 is 2.67 bits per heavy atom. The molecule has 0 saturated carbocycles. The van der Waals surface area contributed by atoms with Crippen LogP contribution in [0.1, 0.15) is 12.5 Å². The Morgan fingerprint density at radius 2 is 2.00 bits per heavy atom. The fourth-order valence-electron chi connectivity index (χ4n) is 2.64. The number of carbonyl (C=O) groups excluding carboxylic acids is 1. The number of rotatable bonds is 8. The molecule has 1 saturated heterocycles. The minimum atomic E-state index is -0.202. The first-order chi connectivity index (χ1) is 14.5. The Labute approximate surface area is 188 Å². The summed E-state index contributed by atoms with van der Waals surface area (Å²) in [6, 6.07) is 11.1. The monoisotopic (exact) mass is 488 g/mol. The van der Waals surface area contributed by atoms with Gasteiger partial charge in [0.1, 0.15) is 12.4 Å². The van der Waals surface area contributed by atoms with Gasteiger partial charge in [-0.2, -0.15) is 0 Å². The molecule has 6 nitrogen and oxygen atoms in total. The van der Waals surface area contributed by atoms with Gasteiger partial charge in [-0.25, -0.2) is 4.99 Å². The summed E-state index contributed by atoms with van der Waals surface area (Å²) in [6.07, 6.45) is 3.44. The number of benzene rings is 2. The van der Waals surface area contributed by atoms with Crippen LogP contribution in [0, 0.1) is 0 Å². The highest BCUT2D eigenvalue weighted by atomic mass is 79.9. The number of amidine groups is 1. The van der Waals surface area contributed by atoms with Gasteiger partial charge < -0.3 is 19.5 Å². The van der Waals surface area contributed by atoms with Gasteiger partial charge in [0.2, 0.25) is 0 Å². The van der Waals surface area contributed by atoms with Crippen LogP contribution in [0.4, 0.5) is 5.69 Å². The predicted octanol–water partition coefficient (Wildman–Crippen LogP) is 5.31. The molecule has 1 aliphatic rings. The molecule has 8 heteroatoms. The van der Waals surface area contributed by atoms with E-state index in [1.807, 2.05) is 43.3 Å². The molecular weight excluding hydrogens is 468 g/mol. The van der Waals surface area contributed by atoms with E-state index in [-0.39, 0.29) is 5.91 Å². The van der Waals surface area contributed by atoms with E-state index in [4.69, 9.17) is 14.2 Å². The SMILES string of the molecule is C=CCOc1c(Br)cc(/C=C2\SC(=Nc3ccc(OCC)cc3)NC2=O)cc1OC.